The predicted molar refractivity (Wildman–Crippen MR) is 98.0 cm³/mol. The Morgan fingerprint density at radius 2 is 2.04 bits per heavy atom. The van der Waals surface area contributed by atoms with E-state index in [2.05, 4.69) is 15.5 Å². The second-order valence-corrected chi connectivity index (χ2v) is 5.81. The van der Waals surface area contributed by atoms with E-state index >= 15 is 0 Å². The quantitative estimate of drug-likeness (QED) is 0.460. The lowest BCUT2D eigenvalue weighted by atomic mass is 10.2. The number of fused-ring (bicyclic) bond motifs is 1. The third-order valence-corrected chi connectivity index (χ3v) is 3.94. The lowest BCUT2D eigenvalue weighted by Crippen LogP contribution is -2.04. The van der Waals surface area contributed by atoms with Crippen LogP contribution in [0.5, 0.6) is 5.88 Å². The standard InChI is InChI=1S/C16H12ClFN4O2S/c17-11-7-9(5-6-12(11)18)19-16(25)21-20-14-10-3-1-2-4-13(10)22(8-23)15(14)24/h1-7,23-24H,8H2,(H,19,25). The van der Waals surface area contributed by atoms with Gasteiger partial charge in [0.15, 0.2) is 5.69 Å². The second-order valence-electron chi connectivity index (χ2n) is 5.02. The highest BCUT2D eigenvalue weighted by Crippen LogP contribution is 2.38. The predicted octanol–water partition coefficient (Wildman–Crippen LogP) is 4.57. The monoisotopic (exact) mass is 378 g/mol. The first-order chi connectivity index (χ1) is 12.0. The molecule has 0 aliphatic heterocycles. The minimum atomic E-state index is -0.540. The van der Waals surface area contributed by atoms with Crippen molar-refractivity contribution in [3.05, 3.63) is 53.3 Å². The zero-order valence-corrected chi connectivity index (χ0v) is 14.2. The topological polar surface area (TPSA) is 82.1 Å². The van der Waals surface area contributed by atoms with E-state index in [0.29, 0.717) is 16.6 Å². The SMILES string of the molecule is OCn1c(O)c(N=NC(=S)Nc2ccc(F)c(Cl)c2)c2ccccc21. The zero-order chi connectivity index (χ0) is 18.0. The molecule has 0 amide bonds. The maximum Gasteiger partial charge on any atom is 0.222 e. The molecule has 0 bridgehead atoms. The van der Waals surface area contributed by atoms with Crippen LogP contribution >= 0.6 is 23.8 Å². The molecule has 0 aliphatic rings. The highest BCUT2D eigenvalue weighted by Gasteiger charge is 2.15. The Hall–Kier alpha value is -2.55. The van der Waals surface area contributed by atoms with Gasteiger partial charge in [-0.05, 0) is 36.5 Å². The van der Waals surface area contributed by atoms with Gasteiger partial charge in [0.25, 0.3) is 0 Å². The van der Waals surface area contributed by atoms with E-state index in [1.807, 2.05) is 0 Å². The first kappa shape index (κ1) is 17.3. The van der Waals surface area contributed by atoms with Gasteiger partial charge in [0.2, 0.25) is 11.0 Å². The van der Waals surface area contributed by atoms with E-state index in [1.165, 1.54) is 22.8 Å². The molecule has 0 saturated heterocycles. The fraction of sp³-hybridized carbons (Fsp3) is 0.0625. The maximum atomic E-state index is 13.1. The molecular weight excluding hydrogens is 367 g/mol. The number of aliphatic hydroxyl groups excluding tert-OH is 1. The van der Waals surface area contributed by atoms with Gasteiger partial charge >= 0.3 is 0 Å². The molecule has 0 saturated carbocycles. The van der Waals surface area contributed by atoms with Gasteiger partial charge in [-0.2, -0.15) is 0 Å². The van der Waals surface area contributed by atoms with Crippen LogP contribution in [0.25, 0.3) is 10.9 Å². The number of thiocarbonyl (C=S) groups is 1. The highest BCUT2D eigenvalue weighted by molar-refractivity contribution is 7.80. The summed E-state index contributed by atoms with van der Waals surface area (Å²) in [4.78, 5) is 0. The summed E-state index contributed by atoms with van der Waals surface area (Å²) in [6, 6.07) is 11.1. The number of hydrogen-bond donors (Lipinski definition) is 3. The summed E-state index contributed by atoms with van der Waals surface area (Å²) in [5, 5.41) is 30.8. The summed E-state index contributed by atoms with van der Waals surface area (Å²) in [5.74, 6) is -0.762. The summed E-state index contributed by atoms with van der Waals surface area (Å²) in [5.41, 5.74) is 1.25. The molecule has 3 rings (SSSR count). The number of aromatic nitrogens is 1. The van der Waals surface area contributed by atoms with Crippen LogP contribution in [0.15, 0.2) is 52.7 Å². The number of hydrogen-bond acceptors (Lipinski definition) is 4. The molecule has 3 aromatic rings. The van der Waals surface area contributed by atoms with Gasteiger partial charge in [0.05, 0.1) is 10.5 Å². The number of benzene rings is 2. The second kappa shape index (κ2) is 7.14. The summed E-state index contributed by atoms with van der Waals surface area (Å²) in [7, 11) is 0. The summed E-state index contributed by atoms with van der Waals surface area (Å²) in [6.45, 7) is -0.404. The largest absolute Gasteiger partial charge is 0.493 e. The number of nitrogens with one attached hydrogen (secondary N) is 1. The van der Waals surface area contributed by atoms with E-state index < -0.39 is 12.5 Å². The highest BCUT2D eigenvalue weighted by atomic mass is 35.5. The molecule has 1 aromatic heterocycles. The minimum absolute atomic E-state index is 0.00269. The van der Waals surface area contributed by atoms with Crippen molar-refractivity contribution >= 4 is 51.2 Å². The van der Waals surface area contributed by atoms with E-state index in [-0.39, 0.29) is 21.7 Å². The molecule has 0 atom stereocenters. The molecule has 0 fully saturated rings. The average molecular weight is 379 g/mol. The van der Waals surface area contributed by atoms with E-state index in [9.17, 15) is 14.6 Å². The Balaban J connectivity index is 1.86. The summed E-state index contributed by atoms with van der Waals surface area (Å²) in [6.07, 6.45) is 0. The Kier molecular flexibility index (Phi) is 4.93. The van der Waals surface area contributed by atoms with Crippen LogP contribution in [-0.4, -0.2) is 19.9 Å². The van der Waals surface area contributed by atoms with Crippen molar-refractivity contribution in [2.75, 3.05) is 5.32 Å². The van der Waals surface area contributed by atoms with Crippen LogP contribution in [0.4, 0.5) is 15.8 Å². The van der Waals surface area contributed by atoms with E-state index in [4.69, 9.17) is 23.8 Å². The third-order valence-electron chi connectivity index (χ3n) is 3.47. The Bertz CT molecular complexity index is 990. The molecule has 0 spiro atoms. The number of halogens is 2. The van der Waals surface area contributed by atoms with Crippen molar-refractivity contribution in [2.45, 2.75) is 6.73 Å². The Labute approximate surface area is 152 Å². The van der Waals surface area contributed by atoms with Gasteiger partial charge in [0, 0.05) is 11.1 Å². The van der Waals surface area contributed by atoms with Gasteiger partial charge in [-0.1, -0.05) is 29.8 Å². The number of nitrogens with zero attached hydrogens (tertiary/aromatic N) is 3. The van der Waals surface area contributed by atoms with Crippen LogP contribution in [-0.2, 0) is 6.73 Å². The lowest BCUT2D eigenvalue weighted by Gasteiger charge is -2.04. The normalized spacial score (nSPS) is 11.3. The maximum absolute atomic E-state index is 13.1. The molecular formula is C16H12ClFN4O2S. The van der Waals surface area contributed by atoms with Crippen molar-refractivity contribution in [1.29, 1.82) is 0 Å². The number of aliphatic hydroxyl groups is 1. The van der Waals surface area contributed by atoms with Crippen LogP contribution in [0.2, 0.25) is 5.02 Å². The number of anilines is 1. The van der Waals surface area contributed by atoms with Gasteiger partial charge in [0.1, 0.15) is 12.5 Å². The van der Waals surface area contributed by atoms with Crippen LogP contribution in [0.1, 0.15) is 0 Å². The van der Waals surface area contributed by atoms with Crippen molar-refractivity contribution in [1.82, 2.24) is 4.57 Å². The van der Waals surface area contributed by atoms with Crippen molar-refractivity contribution in [3.63, 3.8) is 0 Å². The average Bonchev–Trinajstić information content (AvgIpc) is 2.87. The lowest BCUT2D eigenvalue weighted by molar-refractivity contribution is 0.202. The molecule has 25 heavy (non-hydrogen) atoms. The smallest absolute Gasteiger partial charge is 0.222 e. The van der Waals surface area contributed by atoms with Gasteiger partial charge < -0.3 is 15.5 Å². The number of rotatable bonds is 3. The van der Waals surface area contributed by atoms with E-state index in [0.717, 1.165) is 0 Å². The summed E-state index contributed by atoms with van der Waals surface area (Å²) < 4.78 is 14.4. The fourth-order valence-corrected chi connectivity index (χ4v) is 2.67. The summed E-state index contributed by atoms with van der Waals surface area (Å²) >= 11 is 10.8. The molecule has 2 aromatic carbocycles. The van der Waals surface area contributed by atoms with Crippen molar-refractivity contribution < 1.29 is 14.6 Å². The Morgan fingerprint density at radius 1 is 1.28 bits per heavy atom. The molecule has 1 heterocycles. The molecule has 6 nitrogen and oxygen atoms in total. The molecule has 0 unspecified atom stereocenters. The molecule has 128 valence electrons. The van der Waals surface area contributed by atoms with E-state index in [1.54, 1.807) is 24.3 Å². The van der Waals surface area contributed by atoms with Crippen LogP contribution in [0, 0.1) is 5.82 Å². The molecule has 0 radical (unpaired) electrons. The van der Waals surface area contributed by atoms with Crippen molar-refractivity contribution in [2.24, 2.45) is 10.2 Å². The molecule has 3 N–H and O–H groups in total. The van der Waals surface area contributed by atoms with Crippen molar-refractivity contribution in [3.8, 4) is 5.88 Å². The zero-order valence-electron chi connectivity index (χ0n) is 12.6. The number of aromatic hydroxyl groups is 1. The Morgan fingerprint density at radius 3 is 2.76 bits per heavy atom. The first-order valence-electron chi connectivity index (χ1n) is 7.10. The number of para-hydroxylation sites is 1. The third kappa shape index (κ3) is 3.46. The van der Waals surface area contributed by atoms with Crippen LogP contribution in [0.3, 0.4) is 0 Å². The molecule has 9 heteroatoms. The minimum Gasteiger partial charge on any atom is -0.493 e. The first-order valence-corrected chi connectivity index (χ1v) is 7.88. The van der Waals surface area contributed by atoms with Crippen LogP contribution < -0.4 is 5.32 Å². The fourth-order valence-electron chi connectivity index (χ4n) is 2.33. The van der Waals surface area contributed by atoms with Gasteiger partial charge in [-0.25, -0.2) is 4.39 Å². The molecule has 0 aliphatic carbocycles. The van der Waals surface area contributed by atoms with Gasteiger partial charge in [-0.3, -0.25) is 4.57 Å². The van der Waals surface area contributed by atoms with Gasteiger partial charge in [-0.15, -0.1) is 10.2 Å². The number of azo groups is 1.